The molecule has 0 radical (unpaired) electrons. The summed E-state index contributed by atoms with van der Waals surface area (Å²) in [6.07, 6.45) is 1.17. The number of nitrogens with zero attached hydrogens (tertiary/aromatic N) is 1. The minimum absolute atomic E-state index is 0.182. The number of hydrogen-bond acceptors (Lipinski definition) is 5. The number of nitrogens with two attached hydrogens (primary N) is 1. The second-order valence-electron chi connectivity index (χ2n) is 5.29. The van der Waals surface area contributed by atoms with E-state index in [9.17, 15) is 8.42 Å². The summed E-state index contributed by atoms with van der Waals surface area (Å²) in [5.74, 6) is 0.438. The molecule has 0 bridgehead atoms. The average molecular weight is 300 g/mol. The zero-order valence-electron chi connectivity index (χ0n) is 12.6. The first-order chi connectivity index (χ1) is 9.27. The van der Waals surface area contributed by atoms with Gasteiger partial charge >= 0.3 is 0 Å². The molecule has 1 aromatic rings. The largest absolute Gasteiger partial charge is 0.396 e. The van der Waals surface area contributed by atoms with E-state index >= 15 is 0 Å². The molecule has 2 N–H and O–H groups in total. The molecule has 0 heterocycles. The molecule has 0 saturated heterocycles. The lowest BCUT2D eigenvalue weighted by Gasteiger charge is -2.28. The highest BCUT2D eigenvalue weighted by Gasteiger charge is 2.18. The highest BCUT2D eigenvalue weighted by atomic mass is 32.2. The molecule has 0 aliphatic rings. The van der Waals surface area contributed by atoms with E-state index in [0.29, 0.717) is 24.8 Å². The van der Waals surface area contributed by atoms with E-state index in [4.69, 9.17) is 10.5 Å². The van der Waals surface area contributed by atoms with Gasteiger partial charge in [0.15, 0.2) is 9.84 Å². The Balaban J connectivity index is 3.19. The van der Waals surface area contributed by atoms with Crippen molar-refractivity contribution in [2.45, 2.75) is 18.7 Å². The van der Waals surface area contributed by atoms with Gasteiger partial charge in [0.2, 0.25) is 0 Å². The first-order valence-electron chi connectivity index (χ1n) is 6.59. The van der Waals surface area contributed by atoms with Gasteiger partial charge in [-0.2, -0.15) is 0 Å². The standard InChI is InChI=1S/C14H24N2O3S/c1-11(2)10-16(8-9-19-3)12-6-5-7-13(14(12)15)20(4,17)18/h5-7,11H,8-10,15H2,1-4H3. The molecule has 0 atom stereocenters. The van der Waals surface area contributed by atoms with E-state index in [1.807, 2.05) is 6.07 Å². The summed E-state index contributed by atoms with van der Waals surface area (Å²) in [6.45, 7) is 6.24. The average Bonchev–Trinajstić information content (AvgIpc) is 2.33. The van der Waals surface area contributed by atoms with Crippen molar-refractivity contribution in [3.63, 3.8) is 0 Å². The topological polar surface area (TPSA) is 72.6 Å². The number of benzene rings is 1. The lowest BCUT2D eigenvalue weighted by molar-refractivity contribution is 0.204. The van der Waals surface area contributed by atoms with Crippen molar-refractivity contribution in [3.8, 4) is 0 Å². The van der Waals surface area contributed by atoms with Gasteiger partial charge in [0.05, 0.1) is 22.9 Å². The van der Waals surface area contributed by atoms with Gasteiger partial charge in [0.1, 0.15) is 0 Å². The Kier molecular flexibility index (Phi) is 5.83. The third kappa shape index (κ3) is 4.38. The van der Waals surface area contributed by atoms with Crippen molar-refractivity contribution in [2.75, 3.05) is 43.7 Å². The van der Waals surface area contributed by atoms with Gasteiger partial charge in [-0.15, -0.1) is 0 Å². The lowest BCUT2D eigenvalue weighted by Crippen LogP contribution is -2.31. The summed E-state index contributed by atoms with van der Waals surface area (Å²) in [6, 6.07) is 5.11. The van der Waals surface area contributed by atoms with Crippen LogP contribution in [0.15, 0.2) is 23.1 Å². The van der Waals surface area contributed by atoms with Gasteiger partial charge in [-0.05, 0) is 18.1 Å². The fourth-order valence-electron chi connectivity index (χ4n) is 2.08. The molecule has 6 heteroatoms. The molecule has 114 valence electrons. The first kappa shape index (κ1) is 16.8. The van der Waals surface area contributed by atoms with Crippen LogP contribution >= 0.6 is 0 Å². The zero-order valence-corrected chi connectivity index (χ0v) is 13.4. The van der Waals surface area contributed by atoms with Crippen LogP contribution < -0.4 is 10.6 Å². The number of rotatable bonds is 7. The molecule has 0 amide bonds. The van der Waals surface area contributed by atoms with Crippen LogP contribution in [0.3, 0.4) is 0 Å². The third-order valence-corrected chi connectivity index (χ3v) is 4.09. The van der Waals surface area contributed by atoms with Crippen molar-refractivity contribution in [1.29, 1.82) is 0 Å². The smallest absolute Gasteiger partial charge is 0.177 e. The molecule has 0 aliphatic carbocycles. The number of para-hydroxylation sites is 1. The Morgan fingerprint density at radius 2 is 2.00 bits per heavy atom. The predicted octanol–water partition coefficient (Wildman–Crippen LogP) is 1.78. The zero-order chi connectivity index (χ0) is 15.3. The summed E-state index contributed by atoms with van der Waals surface area (Å²) in [4.78, 5) is 2.25. The number of methoxy groups -OCH3 is 1. The molecule has 0 spiro atoms. The van der Waals surface area contributed by atoms with Gasteiger partial charge in [-0.25, -0.2) is 8.42 Å². The van der Waals surface area contributed by atoms with Crippen LogP contribution in [0.4, 0.5) is 11.4 Å². The van der Waals surface area contributed by atoms with Crippen LogP contribution in [0.5, 0.6) is 0 Å². The summed E-state index contributed by atoms with van der Waals surface area (Å²) < 4.78 is 28.6. The van der Waals surface area contributed by atoms with Gasteiger partial charge in [-0.3, -0.25) is 0 Å². The van der Waals surface area contributed by atoms with Crippen LogP contribution in [-0.4, -0.2) is 41.5 Å². The van der Waals surface area contributed by atoms with Gasteiger partial charge in [0, 0.05) is 26.5 Å². The molecular formula is C14H24N2O3S. The molecule has 0 aliphatic heterocycles. The van der Waals surface area contributed by atoms with Crippen molar-refractivity contribution < 1.29 is 13.2 Å². The maximum absolute atomic E-state index is 11.7. The normalized spacial score (nSPS) is 11.8. The Labute approximate surface area is 121 Å². The van der Waals surface area contributed by atoms with Crippen LogP contribution in [0.1, 0.15) is 13.8 Å². The monoisotopic (exact) mass is 300 g/mol. The maximum Gasteiger partial charge on any atom is 0.177 e. The summed E-state index contributed by atoms with van der Waals surface area (Å²) in [5.41, 5.74) is 7.12. The summed E-state index contributed by atoms with van der Waals surface area (Å²) in [7, 11) is -1.68. The van der Waals surface area contributed by atoms with Crippen molar-refractivity contribution in [2.24, 2.45) is 5.92 Å². The second-order valence-corrected chi connectivity index (χ2v) is 7.28. The summed E-state index contributed by atoms with van der Waals surface area (Å²) in [5, 5.41) is 0. The van der Waals surface area contributed by atoms with Gasteiger partial charge in [-0.1, -0.05) is 19.9 Å². The Morgan fingerprint density at radius 3 is 2.50 bits per heavy atom. The number of sulfone groups is 1. The first-order valence-corrected chi connectivity index (χ1v) is 8.49. The van der Waals surface area contributed by atoms with Crippen LogP contribution in [-0.2, 0) is 14.6 Å². The molecular weight excluding hydrogens is 276 g/mol. The minimum atomic E-state index is -3.32. The van der Waals surface area contributed by atoms with Crippen molar-refractivity contribution in [1.82, 2.24) is 0 Å². The Hall–Kier alpha value is -1.27. The second kappa shape index (κ2) is 6.95. The molecule has 5 nitrogen and oxygen atoms in total. The Bertz CT molecular complexity index is 541. The number of hydrogen-bond donors (Lipinski definition) is 1. The van der Waals surface area contributed by atoms with Crippen LogP contribution in [0.25, 0.3) is 0 Å². The summed E-state index contributed by atoms with van der Waals surface area (Å²) >= 11 is 0. The molecule has 0 saturated carbocycles. The maximum atomic E-state index is 11.7. The highest BCUT2D eigenvalue weighted by Crippen LogP contribution is 2.30. The van der Waals surface area contributed by atoms with Crippen LogP contribution in [0, 0.1) is 5.92 Å². The molecule has 20 heavy (non-hydrogen) atoms. The molecule has 1 aromatic carbocycles. The van der Waals surface area contributed by atoms with Gasteiger partial charge < -0.3 is 15.4 Å². The number of nitrogen functional groups attached to an aromatic ring is 1. The fraction of sp³-hybridized carbons (Fsp3) is 0.571. The van der Waals surface area contributed by atoms with E-state index in [2.05, 4.69) is 18.7 Å². The van der Waals surface area contributed by atoms with Crippen molar-refractivity contribution in [3.05, 3.63) is 18.2 Å². The third-order valence-electron chi connectivity index (χ3n) is 2.93. The fourth-order valence-corrected chi connectivity index (χ4v) is 2.91. The quantitative estimate of drug-likeness (QED) is 0.777. The highest BCUT2D eigenvalue weighted by molar-refractivity contribution is 7.90. The van der Waals surface area contributed by atoms with E-state index in [-0.39, 0.29) is 4.90 Å². The minimum Gasteiger partial charge on any atom is -0.396 e. The van der Waals surface area contributed by atoms with Crippen molar-refractivity contribution >= 4 is 21.2 Å². The SMILES string of the molecule is COCCN(CC(C)C)c1cccc(S(C)(=O)=O)c1N. The van der Waals surface area contributed by atoms with E-state index in [0.717, 1.165) is 12.2 Å². The Morgan fingerprint density at radius 1 is 1.35 bits per heavy atom. The van der Waals surface area contributed by atoms with E-state index < -0.39 is 9.84 Å². The molecule has 0 fully saturated rings. The molecule has 0 unspecified atom stereocenters. The number of ether oxygens (including phenoxy) is 1. The predicted molar refractivity (Wildman–Crippen MR) is 82.9 cm³/mol. The lowest BCUT2D eigenvalue weighted by atomic mass is 10.1. The number of anilines is 2. The van der Waals surface area contributed by atoms with Gasteiger partial charge in [0.25, 0.3) is 0 Å². The van der Waals surface area contributed by atoms with Crippen LogP contribution in [0.2, 0.25) is 0 Å². The molecule has 1 rings (SSSR count). The van der Waals surface area contributed by atoms with E-state index in [1.165, 1.54) is 12.3 Å². The van der Waals surface area contributed by atoms with E-state index in [1.54, 1.807) is 13.2 Å². The molecule has 0 aromatic heterocycles.